The number of unbranched alkanes of at least 4 members (excludes halogenated alkanes) is 2. The lowest BCUT2D eigenvalue weighted by Crippen LogP contribution is -2.68. The van der Waals surface area contributed by atoms with Gasteiger partial charge in [0.05, 0.1) is 0 Å². The molecule has 18 heavy (non-hydrogen) atoms. The second kappa shape index (κ2) is 5.92. The van der Waals surface area contributed by atoms with Gasteiger partial charge in [-0.3, -0.25) is 4.90 Å². The molecule has 1 aliphatic heterocycles. The second-order valence-electron chi connectivity index (χ2n) is 6.83. The Morgan fingerprint density at radius 2 is 1.83 bits per heavy atom. The minimum Gasteiger partial charge on any atom is -0.308 e. The Bertz CT molecular complexity index is 258. The summed E-state index contributed by atoms with van der Waals surface area (Å²) in [5, 5.41) is 3.86. The highest BCUT2D eigenvalue weighted by atomic mass is 15.3. The Morgan fingerprint density at radius 1 is 1.11 bits per heavy atom. The van der Waals surface area contributed by atoms with E-state index in [0.717, 1.165) is 0 Å². The van der Waals surface area contributed by atoms with Crippen molar-refractivity contribution in [2.45, 2.75) is 83.2 Å². The molecule has 0 amide bonds. The van der Waals surface area contributed by atoms with Gasteiger partial charge in [0.1, 0.15) is 0 Å². The third-order valence-corrected chi connectivity index (χ3v) is 5.40. The molecule has 0 aromatic carbocycles. The third-order valence-electron chi connectivity index (χ3n) is 5.40. The largest absolute Gasteiger partial charge is 0.308 e. The summed E-state index contributed by atoms with van der Waals surface area (Å²) >= 11 is 0. The summed E-state index contributed by atoms with van der Waals surface area (Å²) in [6.07, 6.45) is 11.1. The monoisotopic (exact) mass is 252 g/mol. The third kappa shape index (κ3) is 2.91. The molecular weight excluding hydrogens is 220 g/mol. The van der Waals surface area contributed by atoms with Gasteiger partial charge in [0.15, 0.2) is 0 Å². The SMILES string of the molecule is CCCCCN1CC(C)(CC)NCC12CCCC2. The quantitative estimate of drug-likeness (QED) is 0.753. The molecule has 0 aromatic heterocycles. The van der Waals surface area contributed by atoms with Crippen molar-refractivity contribution in [3.8, 4) is 0 Å². The van der Waals surface area contributed by atoms with Crippen molar-refractivity contribution in [2.24, 2.45) is 0 Å². The van der Waals surface area contributed by atoms with E-state index in [1.54, 1.807) is 0 Å². The van der Waals surface area contributed by atoms with Crippen molar-refractivity contribution in [3.05, 3.63) is 0 Å². The lowest BCUT2D eigenvalue weighted by Gasteiger charge is -2.52. The van der Waals surface area contributed by atoms with Gasteiger partial charge in [0, 0.05) is 24.2 Å². The van der Waals surface area contributed by atoms with Gasteiger partial charge >= 0.3 is 0 Å². The molecule has 1 unspecified atom stereocenters. The van der Waals surface area contributed by atoms with Crippen LogP contribution in [0, 0.1) is 0 Å². The van der Waals surface area contributed by atoms with Crippen LogP contribution in [0.5, 0.6) is 0 Å². The fourth-order valence-corrected chi connectivity index (χ4v) is 3.77. The lowest BCUT2D eigenvalue weighted by atomic mass is 9.84. The number of nitrogens with zero attached hydrogens (tertiary/aromatic N) is 1. The van der Waals surface area contributed by atoms with E-state index in [1.807, 2.05) is 0 Å². The number of nitrogens with one attached hydrogen (secondary N) is 1. The number of piperazine rings is 1. The Kier molecular flexibility index (Phi) is 4.71. The topological polar surface area (TPSA) is 15.3 Å². The van der Waals surface area contributed by atoms with Gasteiger partial charge in [-0.1, -0.05) is 39.5 Å². The number of hydrogen-bond donors (Lipinski definition) is 1. The van der Waals surface area contributed by atoms with E-state index in [2.05, 4.69) is 31.0 Å². The Morgan fingerprint density at radius 3 is 2.44 bits per heavy atom. The van der Waals surface area contributed by atoms with Crippen LogP contribution in [0.15, 0.2) is 0 Å². The highest BCUT2D eigenvalue weighted by Crippen LogP contribution is 2.39. The molecule has 1 N–H and O–H groups in total. The molecule has 1 aliphatic carbocycles. The first-order valence-electron chi connectivity index (χ1n) is 8.14. The molecule has 1 heterocycles. The van der Waals surface area contributed by atoms with Crippen molar-refractivity contribution in [3.63, 3.8) is 0 Å². The van der Waals surface area contributed by atoms with E-state index in [9.17, 15) is 0 Å². The van der Waals surface area contributed by atoms with Crippen LogP contribution in [-0.4, -0.2) is 35.6 Å². The van der Waals surface area contributed by atoms with Gasteiger partial charge < -0.3 is 5.32 Å². The summed E-state index contributed by atoms with van der Waals surface area (Å²) in [5.74, 6) is 0. The summed E-state index contributed by atoms with van der Waals surface area (Å²) < 4.78 is 0. The zero-order valence-electron chi connectivity index (χ0n) is 12.7. The van der Waals surface area contributed by atoms with Crippen LogP contribution >= 0.6 is 0 Å². The minimum atomic E-state index is 0.347. The normalized spacial score (nSPS) is 32.2. The van der Waals surface area contributed by atoms with Crippen molar-refractivity contribution in [1.82, 2.24) is 10.2 Å². The molecule has 2 rings (SSSR count). The molecule has 0 radical (unpaired) electrons. The molecule has 2 heteroatoms. The molecule has 1 saturated heterocycles. The van der Waals surface area contributed by atoms with Crippen LogP contribution in [0.1, 0.15) is 72.1 Å². The molecule has 2 nitrogen and oxygen atoms in total. The number of rotatable bonds is 5. The molecule has 1 atom stereocenters. The van der Waals surface area contributed by atoms with E-state index in [1.165, 1.54) is 71.0 Å². The molecule has 106 valence electrons. The zero-order chi connectivity index (χ0) is 13.1. The lowest BCUT2D eigenvalue weighted by molar-refractivity contribution is 0.0108. The molecule has 0 aromatic rings. The summed E-state index contributed by atoms with van der Waals surface area (Å²) in [6.45, 7) is 10.8. The van der Waals surface area contributed by atoms with Gasteiger partial charge in [-0.15, -0.1) is 0 Å². The van der Waals surface area contributed by atoms with Gasteiger partial charge in [-0.25, -0.2) is 0 Å². The van der Waals surface area contributed by atoms with Crippen LogP contribution in [0.3, 0.4) is 0 Å². The highest BCUT2D eigenvalue weighted by molar-refractivity contribution is 5.05. The maximum atomic E-state index is 3.86. The van der Waals surface area contributed by atoms with Crippen LogP contribution in [0.2, 0.25) is 0 Å². The maximum absolute atomic E-state index is 3.86. The predicted octanol–water partition coefficient (Wildman–Crippen LogP) is 3.56. The first-order chi connectivity index (χ1) is 8.64. The van der Waals surface area contributed by atoms with Gasteiger partial charge in [-0.2, -0.15) is 0 Å². The Labute approximate surface area is 114 Å². The minimum absolute atomic E-state index is 0.347. The van der Waals surface area contributed by atoms with E-state index < -0.39 is 0 Å². The summed E-state index contributed by atoms with van der Waals surface area (Å²) in [7, 11) is 0. The van der Waals surface area contributed by atoms with Crippen LogP contribution in [0.25, 0.3) is 0 Å². The van der Waals surface area contributed by atoms with Crippen LogP contribution in [-0.2, 0) is 0 Å². The second-order valence-corrected chi connectivity index (χ2v) is 6.83. The van der Waals surface area contributed by atoms with E-state index in [4.69, 9.17) is 0 Å². The standard InChI is InChI=1S/C16H32N2/c1-4-6-9-12-18-14-15(3,5-2)17-13-16(18)10-7-8-11-16/h17H,4-14H2,1-3H3. The Balaban J connectivity index is 2.01. The van der Waals surface area contributed by atoms with Gasteiger partial charge in [-0.05, 0) is 39.2 Å². The smallest absolute Gasteiger partial charge is 0.0334 e. The Hall–Kier alpha value is -0.0800. The zero-order valence-corrected chi connectivity index (χ0v) is 12.7. The predicted molar refractivity (Wildman–Crippen MR) is 79.0 cm³/mol. The molecule has 2 aliphatic rings. The maximum Gasteiger partial charge on any atom is 0.0334 e. The van der Waals surface area contributed by atoms with E-state index >= 15 is 0 Å². The van der Waals surface area contributed by atoms with Gasteiger partial charge in [0.2, 0.25) is 0 Å². The van der Waals surface area contributed by atoms with Crippen molar-refractivity contribution < 1.29 is 0 Å². The van der Waals surface area contributed by atoms with Gasteiger partial charge in [0.25, 0.3) is 0 Å². The van der Waals surface area contributed by atoms with Crippen molar-refractivity contribution in [2.75, 3.05) is 19.6 Å². The van der Waals surface area contributed by atoms with Crippen LogP contribution in [0.4, 0.5) is 0 Å². The fraction of sp³-hybridized carbons (Fsp3) is 1.00. The summed E-state index contributed by atoms with van der Waals surface area (Å²) in [5.41, 5.74) is 0.864. The molecule has 0 bridgehead atoms. The first kappa shape index (κ1) is 14.3. The van der Waals surface area contributed by atoms with Crippen LogP contribution < -0.4 is 5.32 Å². The van der Waals surface area contributed by atoms with Crippen molar-refractivity contribution in [1.29, 1.82) is 0 Å². The highest BCUT2D eigenvalue weighted by Gasteiger charge is 2.45. The summed E-state index contributed by atoms with van der Waals surface area (Å²) in [4.78, 5) is 2.86. The average Bonchev–Trinajstić information content (AvgIpc) is 2.84. The van der Waals surface area contributed by atoms with Crippen molar-refractivity contribution >= 4 is 0 Å². The van der Waals surface area contributed by atoms with E-state index in [-0.39, 0.29) is 0 Å². The number of hydrogen-bond acceptors (Lipinski definition) is 2. The molecule has 1 saturated carbocycles. The first-order valence-corrected chi connectivity index (χ1v) is 8.14. The summed E-state index contributed by atoms with van der Waals surface area (Å²) in [6, 6.07) is 0. The van der Waals surface area contributed by atoms with E-state index in [0.29, 0.717) is 11.1 Å². The molecular formula is C16H32N2. The molecule has 1 spiro atoms. The average molecular weight is 252 g/mol. The fourth-order valence-electron chi connectivity index (χ4n) is 3.77. The molecule has 2 fully saturated rings.